The van der Waals surface area contributed by atoms with Gasteiger partial charge >= 0.3 is 6.03 Å². The maximum Gasteiger partial charge on any atom is 0.321 e. The molecule has 1 fully saturated rings. The summed E-state index contributed by atoms with van der Waals surface area (Å²) in [5, 5.41) is 5.87. The minimum absolute atomic E-state index is 0. The average Bonchev–Trinajstić information content (AvgIpc) is 2.91. The molecule has 0 aromatic heterocycles. The molecule has 0 radical (unpaired) electrons. The highest BCUT2D eigenvalue weighted by molar-refractivity contribution is 6.34. The standard InChI is InChI=1S/C14H19ClN4O2.ClH/c1-9(7-16)8-18-13(20)11-6-10(2-3-12(11)15)19-5-4-17-14(19)21;/h2-3,6,9H,4-5,7-8,16H2,1H3,(H,17,21)(H,18,20);1H. The summed E-state index contributed by atoms with van der Waals surface area (Å²) in [5.41, 5.74) is 6.54. The quantitative estimate of drug-likeness (QED) is 0.756. The van der Waals surface area contributed by atoms with Crippen LogP contribution in [0.2, 0.25) is 5.02 Å². The number of halogens is 2. The molecule has 0 bridgehead atoms. The maximum absolute atomic E-state index is 12.2. The lowest BCUT2D eigenvalue weighted by Gasteiger charge is -2.16. The molecule has 1 atom stereocenters. The molecule has 0 aliphatic carbocycles. The van der Waals surface area contributed by atoms with E-state index in [1.165, 1.54) is 0 Å². The van der Waals surface area contributed by atoms with Crippen LogP contribution in [-0.2, 0) is 0 Å². The zero-order valence-electron chi connectivity index (χ0n) is 12.3. The molecule has 0 saturated carbocycles. The number of carbonyl (C=O) groups is 2. The molecule has 22 heavy (non-hydrogen) atoms. The summed E-state index contributed by atoms with van der Waals surface area (Å²) in [6.07, 6.45) is 0. The van der Waals surface area contributed by atoms with Crippen LogP contribution in [0, 0.1) is 5.92 Å². The van der Waals surface area contributed by atoms with Crippen molar-refractivity contribution in [1.82, 2.24) is 10.6 Å². The fourth-order valence-electron chi connectivity index (χ4n) is 2.02. The van der Waals surface area contributed by atoms with Crippen LogP contribution in [-0.4, -0.2) is 38.1 Å². The van der Waals surface area contributed by atoms with E-state index in [1.807, 2.05) is 6.92 Å². The van der Waals surface area contributed by atoms with E-state index >= 15 is 0 Å². The summed E-state index contributed by atoms with van der Waals surface area (Å²) in [6, 6.07) is 4.83. The van der Waals surface area contributed by atoms with Crippen molar-refractivity contribution in [3.8, 4) is 0 Å². The molecule has 1 unspecified atom stereocenters. The number of nitrogens with zero attached hydrogens (tertiary/aromatic N) is 1. The first-order valence-corrected chi connectivity index (χ1v) is 7.24. The molecular formula is C14H20Cl2N4O2. The topological polar surface area (TPSA) is 87.5 Å². The molecule has 4 N–H and O–H groups in total. The van der Waals surface area contributed by atoms with Crippen molar-refractivity contribution in [3.63, 3.8) is 0 Å². The Balaban J connectivity index is 0.00000242. The highest BCUT2D eigenvalue weighted by Crippen LogP contribution is 2.24. The molecule has 6 nitrogen and oxygen atoms in total. The van der Waals surface area contributed by atoms with Crippen molar-refractivity contribution in [1.29, 1.82) is 0 Å². The predicted molar refractivity (Wildman–Crippen MR) is 90.0 cm³/mol. The Morgan fingerprint density at radius 1 is 1.55 bits per heavy atom. The lowest BCUT2D eigenvalue weighted by molar-refractivity contribution is 0.0948. The van der Waals surface area contributed by atoms with Crippen molar-refractivity contribution in [2.24, 2.45) is 11.7 Å². The first kappa shape index (κ1) is 18.5. The van der Waals surface area contributed by atoms with Crippen LogP contribution in [0.1, 0.15) is 17.3 Å². The van der Waals surface area contributed by atoms with Gasteiger partial charge in [0.15, 0.2) is 0 Å². The monoisotopic (exact) mass is 346 g/mol. The Bertz CT molecular complexity index is 554. The van der Waals surface area contributed by atoms with Crippen molar-refractivity contribution < 1.29 is 9.59 Å². The normalized spacial score (nSPS) is 15.0. The average molecular weight is 347 g/mol. The SMILES string of the molecule is CC(CN)CNC(=O)c1cc(N2CCNC2=O)ccc1Cl.Cl. The third kappa shape index (κ3) is 4.25. The summed E-state index contributed by atoms with van der Waals surface area (Å²) < 4.78 is 0. The highest BCUT2D eigenvalue weighted by atomic mass is 35.5. The fraction of sp³-hybridized carbons (Fsp3) is 0.429. The molecule has 122 valence electrons. The van der Waals surface area contributed by atoms with Gasteiger partial charge in [-0.1, -0.05) is 18.5 Å². The molecule has 1 aromatic rings. The second-order valence-corrected chi connectivity index (χ2v) is 5.51. The number of amides is 3. The summed E-state index contributed by atoms with van der Waals surface area (Å²) in [5.74, 6) is -0.0676. The van der Waals surface area contributed by atoms with E-state index in [2.05, 4.69) is 10.6 Å². The van der Waals surface area contributed by atoms with Gasteiger partial charge in [0.1, 0.15) is 0 Å². The first-order chi connectivity index (χ1) is 10.0. The molecule has 1 aromatic carbocycles. The number of hydrogen-bond acceptors (Lipinski definition) is 3. The molecule has 8 heteroatoms. The van der Waals surface area contributed by atoms with E-state index in [4.69, 9.17) is 17.3 Å². The van der Waals surface area contributed by atoms with Gasteiger partial charge in [0, 0.05) is 25.3 Å². The largest absolute Gasteiger partial charge is 0.352 e. The second kappa shape index (κ2) is 8.22. The third-order valence-electron chi connectivity index (χ3n) is 3.38. The maximum atomic E-state index is 12.2. The molecule has 1 aliphatic rings. The number of urea groups is 1. The minimum atomic E-state index is -0.262. The van der Waals surface area contributed by atoms with Crippen LogP contribution in [0.3, 0.4) is 0 Å². The minimum Gasteiger partial charge on any atom is -0.352 e. The van der Waals surface area contributed by atoms with Gasteiger partial charge < -0.3 is 16.4 Å². The van der Waals surface area contributed by atoms with Gasteiger partial charge in [0.05, 0.1) is 10.6 Å². The van der Waals surface area contributed by atoms with Gasteiger partial charge in [-0.05, 0) is 30.7 Å². The van der Waals surface area contributed by atoms with Crippen molar-refractivity contribution in [2.45, 2.75) is 6.92 Å². The van der Waals surface area contributed by atoms with Crippen LogP contribution < -0.4 is 21.3 Å². The molecule has 3 amide bonds. The zero-order chi connectivity index (χ0) is 15.4. The van der Waals surface area contributed by atoms with Crippen LogP contribution in [0.5, 0.6) is 0 Å². The Morgan fingerprint density at radius 2 is 2.27 bits per heavy atom. The predicted octanol–water partition coefficient (Wildman–Crippen LogP) is 1.62. The highest BCUT2D eigenvalue weighted by Gasteiger charge is 2.22. The Morgan fingerprint density at radius 3 is 2.86 bits per heavy atom. The van der Waals surface area contributed by atoms with Crippen molar-refractivity contribution in [3.05, 3.63) is 28.8 Å². The van der Waals surface area contributed by atoms with Crippen LogP contribution in [0.4, 0.5) is 10.5 Å². The number of benzene rings is 1. The lowest BCUT2D eigenvalue weighted by atomic mass is 10.1. The van der Waals surface area contributed by atoms with E-state index < -0.39 is 0 Å². The summed E-state index contributed by atoms with van der Waals surface area (Å²) in [7, 11) is 0. The fourth-order valence-corrected chi connectivity index (χ4v) is 2.22. The van der Waals surface area contributed by atoms with E-state index in [9.17, 15) is 9.59 Å². The van der Waals surface area contributed by atoms with Crippen LogP contribution in [0.25, 0.3) is 0 Å². The third-order valence-corrected chi connectivity index (χ3v) is 3.71. The number of nitrogens with one attached hydrogen (secondary N) is 2. The summed E-state index contributed by atoms with van der Waals surface area (Å²) >= 11 is 6.08. The first-order valence-electron chi connectivity index (χ1n) is 6.86. The Kier molecular flexibility index (Phi) is 6.93. The number of carbonyl (C=O) groups excluding carboxylic acids is 2. The van der Waals surface area contributed by atoms with Gasteiger partial charge in [-0.15, -0.1) is 12.4 Å². The van der Waals surface area contributed by atoms with Crippen LogP contribution >= 0.6 is 24.0 Å². The number of rotatable bonds is 5. The Labute approximate surface area is 140 Å². The zero-order valence-corrected chi connectivity index (χ0v) is 13.8. The van der Waals surface area contributed by atoms with Crippen LogP contribution in [0.15, 0.2) is 18.2 Å². The molecule has 1 saturated heterocycles. The van der Waals surface area contributed by atoms with Gasteiger partial charge in [0.2, 0.25) is 0 Å². The molecular weight excluding hydrogens is 327 g/mol. The number of anilines is 1. The van der Waals surface area contributed by atoms with Crippen molar-refractivity contribution in [2.75, 3.05) is 31.1 Å². The van der Waals surface area contributed by atoms with Crippen molar-refractivity contribution >= 4 is 41.6 Å². The van der Waals surface area contributed by atoms with E-state index in [1.54, 1.807) is 23.1 Å². The number of hydrogen-bond donors (Lipinski definition) is 3. The lowest BCUT2D eigenvalue weighted by Crippen LogP contribution is -2.32. The van der Waals surface area contributed by atoms with E-state index in [0.717, 1.165) is 0 Å². The summed E-state index contributed by atoms with van der Waals surface area (Å²) in [4.78, 5) is 25.4. The molecule has 2 rings (SSSR count). The van der Waals surface area contributed by atoms with E-state index in [0.29, 0.717) is 42.5 Å². The van der Waals surface area contributed by atoms with Gasteiger partial charge in [0.25, 0.3) is 5.91 Å². The molecule has 1 aliphatic heterocycles. The Hall–Kier alpha value is -1.50. The van der Waals surface area contributed by atoms with Gasteiger partial charge in [-0.2, -0.15) is 0 Å². The van der Waals surface area contributed by atoms with Gasteiger partial charge in [-0.3, -0.25) is 9.69 Å². The summed E-state index contributed by atoms with van der Waals surface area (Å²) in [6.45, 7) is 4.11. The molecule has 1 heterocycles. The van der Waals surface area contributed by atoms with Gasteiger partial charge in [-0.25, -0.2) is 4.79 Å². The second-order valence-electron chi connectivity index (χ2n) is 5.10. The van der Waals surface area contributed by atoms with E-state index in [-0.39, 0.29) is 30.3 Å². The smallest absolute Gasteiger partial charge is 0.321 e. The number of nitrogens with two attached hydrogens (primary N) is 1. The molecule has 0 spiro atoms.